The van der Waals surface area contributed by atoms with Crippen LogP contribution >= 0.6 is 0 Å². The summed E-state index contributed by atoms with van der Waals surface area (Å²) in [4.78, 5) is 11.7. The van der Waals surface area contributed by atoms with Crippen molar-refractivity contribution in [1.29, 1.82) is 0 Å². The summed E-state index contributed by atoms with van der Waals surface area (Å²) >= 11 is 0. The van der Waals surface area contributed by atoms with Crippen LogP contribution in [0.4, 0.5) is 0 Å². The molecule has 0 bridgehead atoms. The second-order valence-electron chi connectivity index (χ2n) is 6.97. The summed E-state index contributed by atoms with van der Waals surface area (Å²) in [5.41, 5.74) is 1.76. The summed E-state index contributed by atoms with van der Waals surface area (Å²) in [5, 5.41) is 9.58. The van der Waals surface area contributed by atoms with Crippen LogP contribution < -0.4 is 9.47 Å². The lowest BCUT2D eigenvalue weighted by molar-refractivity contribution is -0.145. The normalized spacial score (nSPS) is 12.5. The maximum Gasteiger partial charge on any atom is 0.345 e. The Morgan fingerprint density at radius 2 is 1.72 bits per heavy atom. The average molecular weight is 342 g/mol. The molecule has 0 aliphatic heterocycles. The molecule has 0 saturated heterocycles. The van der Waals surface area contributed by atoms with E-state index in [1.54, 1.807) is 0 Å². The van der Waals surface area contributed by atoms with Gasteiger partial charge < -0.3 is 14.6 Å². The van der Waals surface area contributed by atoms with Crippen LogP contribution in [0.25, 0.3) is 0 Å². The third-order valence-electron chi connectivity index (χ3n) is 3.90. The molecule has 4 nitrogen and oxygen atoms in total. The van der Waals surface area contributed by atoms with E-state index >= 15 is 0 Å². The molecular formula is C21H26O4. The van der Waals surface area contributed by atoms with Crippen LogP contribution in [0.2, 0.25) is 0 Å². The Hall–Kier alpha value is -2.49. The Morgan fingerprint density at radius 3 is 2.28 bits per heavy atom. The largest absolute Gasteiger partial charge is 0.494 e. The maximum atomic E-state index is 11.7. The number of hydrogen-bond donors (Lipinski definition) is 1. The number of para-hydroxylation sites is 1. The second kappa shape index (κ2) is 8.06. The van der Waals surface area contributed by atoms with Gasteiger partial charge in [0.2, 0.25) is 0 Å². The lowest BCUT2D eigenvalue weighted by atomic mass is 9.86. The predicted octanol–water partition coefficient (Wildman–Crippen LogP) is 4.46. The van der Waals surface area contributed by atoms with Crippen molar-refractivity contribution in [3.8, 4) is 11.5 Å². The van der Waals surface area contributed by atoms with Crippen molar-refractivity contribution in [3.05, 3.63) is 59.7 Å². The fraction of sp³-hybridized carbons (Fsp3) is 0.381. The Labute approximate surface area is 149 Å². The summed E-state index contributed by atoms with van der Waals surface area (Å²) in [6, 6.07) is 15.1. The van der Waals surface area contributed by atoms with E-state index in [-0.39, 0.29) is 5.41 Å². The van der Waals surface area contributed by atoms with Gasteiger partial charge in [-0.3, -0.25) is 0 Å². The average Bonchev–Trinajstić information content (AvgIpc) is 2.55. The fourth-order valence-electron chi connectivity index (χ4n) is 2.62. The number of carboxylic acids is 1. The van der Waals surface area contributed by atoms with Gasteiger partial charge in [0.05, 0.1) is 6.61 Å². The van der Waals surface area contributed by atoms with Crippen LogP contribution in [0.3, 0.4) is 0 Å². The molecule has 0 radical (unpaired) electrons. The standard InChI is InChI=1S/C21H26O4/c1-5-24-16-12-10-15(11-13-16)14-19(20(22)23)25-18-9-7-6-8-17(18)21(2,3)4/h6-13,19H,5,14H2,1-4H3,(H,22,23)/t19-/m1/s1. The number of carboxylic acid groups (broad SMARTS) is 1. The zero-order valence-electron chi connectivity index (χ0n) is 15.3. The number of hydrogen-bond acceptors (Lipinski definition) is 3. The smallest absolute Gasteiger partial charge is 0.345 e. The van der Waals surface area contributed by atoms with Crippen LogP contribution in [0.1, 0.15) is 38.8 Å². The Balaban J connectivity index is 2.18. The van der Waals surface area contributed by atoms with Crippen LogP contribution in [-0.4, -0.2) is 23.8 Å². The number of carbonyl (C=O) groups is 1. The van der Waals surface area contributed by atoms with Gasteiger partial charge in [-0.05, 0) is 41.7 Å². The monoisotopic (exact) mass is 342 g/mol. The molecule has 0 spiro atoms. The van der Waals surface area contributed by atoms with Gasteiger partial charge in [0.1, 0.15) is 11.5 Å². The molecule has 0 heterocycles. The molecule has 2 aromatic rings. The third kappa shape index (κ3) is 5.24. The van der Waals surface area contributed by atoms with Crippen molar-refractivity contribution in [2.75, 3.05) is 6.61 Å². The van der Waals surface area contributed by atoms with Crippen LogP contribution in [0.5, 0.6) is 11.5 Å². The third-order valence-corrected chi connectivity index (χ3v) is 3.90. The molecular weight excluding hydrogens is 316 g/mol. The number of rotatable bonds is 7. The van der Waals surface area contributed by atoms with E-state index in [9.17, 15) is 9.90 Å². The molecule has 0 aliphatic carbocycles. The molecule has 1 N–H and O–H groups in total. The summed E-state index contributed by atoms with van der Waals surface area (Å²) < 4.78 is 11.3. The summed E-state index contributed by atoms with van der Waals surface area (Å²) in [7, 11) is 0. The molecule has 0 fully saturated rings. The first-order valence-corrected chi connectivity index (χ1v) is 8.52. The van der Waals surface area contributed by atoms with E-state index in [4.69, 9.17) is 9.47 Å². The topological polar surface area (TPSA) is 55.8 Å². The number of aliphatic carboxylic acids is 1. The number of ether oxygens (including phenoxy) is 2. The maximum absolute atomic E-state index is 11.7. The van der Waals surface area contributed by atoms with Crippen LogP contribution in [0.15, 0.2) is 48.5 Å². The lowest BCUT2D eigenvalue weighted by Gasteiger charge is -2.24. The quantitative estimate of drug-likeness (QED) is 0.807. The van der Waals surface area contributed by atoms with E-state index in [2.05, 4.69) is 20.8 Å². The number of benzene rings is 2. The van der Waals surface area contributed by atoms with Crippen molar-refractivity contribution in [1.82, 2.24) is 0 Å². The minimum Gasteiger partial charge on any atom is -0.494 e. The molecule has 0 aromatic heterocycles. The van der Waals surface area contributed by atoms with Crippen LogP contribution in [0, 0.1) is 0 Å². The summed E-state index contributed by atoms with van der Waals surface area (Å²) in [6.45, 7) is 8.77. The zero-order chi connectivity index (χ0) is 18.4. The second-order valence-corrected chi connectivity index (χ2v) is 6.97. The Bertz CT molecular complexity index is 699. The zero-order valence-corrected chi connectivity index (χ0v) is 15.3. The van der Waals surface area contributed by atoms with Gasteiger partial charge in [-0.1, -0.05) is 51.1 Å². The fourth-order valence-corrected chi connectivity index (χ4v) is 2.62. The molecule has 134 valence electrons. The molecule has 0 amide bonds. The predicted molar refractivity (Wildman–Crippen MR) is 98.5 cm³/mol. The van der Waals surface area contributed by atoms with Crippen molar-refractivity contribution < 1.29 is 19.4 Å². The molecule has 4 heteroatoms. The highest BCUT2D eigenvalue weighted by atomic mass is 16.5. The minimum atomic E-state index is -0.974. The van der Waals surface area contributed by atoms with Gasteiger partial charge in [-0.15, -0.1) is 0 Å². The molecule has 1 atom stereocenters. The SMILES string of the molecule is CCOc1ccc(C[C@@H](Oc2ccccc2C(C)(C)C)C(=O)O)cc1. The highest BCUT2D eigenvalue weighted by Crippen LogP contribution is 2.32. The van der Waals surface area contributed by atoms with Gasteiger partial charge in [0, 0.05) is 6.42 Å². The van der Waals surface area contributed by atoms with E-state index in [0.29, 0.717) is 18.8 Å². The summed E-state index contributed by atoms with van der Waals surface area (Å²) in [6.07, 6.45) is -0.651. The van der Waals surface area contributed by atoms with E-state index < -0.39 is 12.1 Å². The van der Waals surface area contributed by atoms with E-state index in [1.807, 2.05) is 55.5 Å². The molecule has 2 aromatic carbocycles. The van der Waals surface area contributed by atoms with Gasteiger partial charge in [-0.2, -0.15) is 0 Å². The highest BCUT2D eigenvalue weighted by Gasteiger charge is 2.24. The van der Waals surface area contributed by atoms with Gasteiger partial charge in [-0.25, -0.2) is 4.79 Å². The molecule has 0 unspecified atom stereocenters. The minimum absolute atomic E-state index is 0.126. The van der Waals surface area contributed by atoms with Crippen LogP contribution in [-0.2, 0) is 16.6 Å². The molecule has 2 rings (SSSR count). The highest BCUT2D eigenvalue weighted by molar-refractivity contribution is 5.73. The van der Waals surface area contributed by atoms with Crippen molar-refractivity contribution in [2.24, 2.45) is 0 Å². The van der Waals surface area contributed by atoms with E-state index in [0.717, 1.165) is 16.9 Å². The van der Waals surface area contributed by atoms with Gasteiger partial charge in [0.25, 0.3) is 0 Å². The Kier molecular flexibility index (Phi) is 6.07. The van der Waals surface area contributed by atoms with Gasteiger partial charge >= 0.3 is 5.97 Å². The first kappa shape index (κ1) is 18.8. The summed E-state index contributed by atoms with van der Waals surface area (Å²) in [5.74, 6) is 0.419. The van der Waals surface area contributed by atoms with Crippen molar-refractivity contribution >= 4 is 5.97 Å². The first-order chi connectivity index (χ1) is 11.8. The first-order valence-electron chi connectivity index (χ1n) is 8.52. The van der Waals surface area contributed by atoms with Crippen molar-refractivity contribution in [2.45, 2.75) is 45.6 Å². The van der Waals surface area contributed by atoms with Gasteiger partial charge in [0.15, 0.2) is 6.10 Å². The molecule has 0 aliphatic rings. The Morgan fingerprint density at radius 1 is 1.08 bits per heavy atom. The molecule has 0 saturated carbocycles. The molecule has 25 heavy (non-hydrogen) atoms. The van der Waals surface area contributed by atoms with Crippen molar-refractivity contribution in [3.63, 3.8) is 0 Å². The van der Waals surface area contributed by atoms with E-state index in [1.165, 1.54) is 0 Å². The lowest BCUT2D eigenvalue weighted by Crippen LogP contribution is -2.30.